The Balaban J connectivity index is -0.000000227. The highest BCUT2D eigenvalue weighted by Gasteiger charge is 2.59. The van der Waals surface area contributed by atoms with E-state index in [2.05, 4.69) is 381 Å². The van der Waals surface area contributed by atoms with Crippen LogP contribution in [0, 0.1) is 127 Å². The summed E-state index contributed by atoms with van der Waals surface area (Å²) in [5, 5.41) is 20.7. The molecule has 91 heavy (non-hydrogen) atoms. The molecule has 0 aliphatic heterocycles. The summed E-state index contributed by atoms with van der Waals surface area (Å²) in [5.74, 6) is 3.13. The molecule has 1 atom stereocenters. The number of hydrogen-bond donors (Lipinski definition) is 2. The Hall–Kier alpha value is -0.0800. The monoisotopic (exact) mass is 1290 g/mol. The van der Waals surface area contributed by atoms with Crippen molar-refractivity contribution in [3.8, 4) is 0 Å². The number of hydrogen-bond acceptors (Lipinski definition) is 2. The number of rotatable bonds is 4. The molecule has 2 aliphatic carbocycles. The molecular formula is C89H190O2. The molecule has 2 rings (SSSR count). The van der Waals surface area contributed by atoms with Crippen molar-refractivity contribution in [1.29, 1.82) is 0 Å². The van der Waals surface area contributed by atoms with Crippen molar-refractivity contribution in [2.24, 2.45) is 127 Å². The summed E-state index contributed by atoms with van der Waals surface area (Å²) in [6.07, 6.45) is 10.1. The Labute approximate surface area is 583 Å². The second kappa shape index (κ2) is 33.4. The van der Waals surface area contributed by atoms with Gasteiger partial charge in [-0.05, 0) is 172 Å². The van der Waals surface area contributed by atoms with Gasteiger partial charge in [0.2, 0.25) is 0 Å². The van der Waals surface area contributed by atoms with Crippen LogP contribution in [0.1, 0.15) is 439 Å². The fourth-order valence-corrected chi connectivity index (χ4v) is 17.1. The van der Waals surface area contributed by atoms with Gasteiger partial charge in [0.15, 0.2) is 0 Å². The topological polar surface area (TPSA) is 40.5 Å². The van der Waals surface area contributed by atoms with Gasteiger partial charge in [0.05, 0.1) is 11.2 Å². The van der Waals surface area contributed by atoms with Crippen molar-refractivity contribution in [3.63, 3.8) is 0 Å². The SMILES string of the molecule is CC(C(C)(C)C)C(C)(C)C.CC(C)(C)C(C)(C)C(C)(C)C.CC(C)(C)C(C)(O)C(C)(C)C.CC(C)(C)C1(C(C)(C)C)CC1.CC(C)(C)C1(C(C)(C)C)CCC1.CC(C)C(C(C)(C)C)C(C)(C)C.CCC(C(C)(C)C)C(C)(C)C.CCC(O)(CC(C)(C)C)C(C)(C)C. The van der Waals surface area contributed by atoms with Crippen LogP contribution in [0.5, 0.6) is 0 Å². The quantitative estimate of drug-likeness (QED) is 0.295. The van der Waals surface area contributed by atoms with E-state index in [0.29, 0.717) is 81.2 Å². The van der Waals surface area contributed by atoms with Gasteiger partial charge < -0.3 is 10.2 Å². The predicted octanol–water partition coefficient (Wildman–Crippen LogP) is 30.8. The fourth-order valence-electron chi connectivity index (χ4n) is 17.1. The lowest BCUT2D eigenvalue weighted by molar-refractivity contribution is -0.121. The third-order valence-corrected chi connectivity index (χ3v) is 24.8. The Morgan fingerprint density at radius 3 is 0.560 bits per heavy atom. The molecule has 2 aliphatic rings. The van der Waals surface area contributed by atoms with E-state index >= 15 is 0 Å². The van der Waals surface area contributed by atoms with E-state index in [1.54, 1.807) is 0 Å². The molecule has 0 amide bonds. The predicted molar refractivity (Wildman–Crippen MR) is 425 cm³/mol. The second-order valence-electron chi connectivity index (χ2n) is 48.2. The van der Waals surface area contributed by atoms with Gasteiger partial charge in [-0.3, -0.25) is 0 Å². The molecule has 2 fully saturated rings. The van der Waals surface area contributed by atoms with Gasteiger partial charge in [-0.15, -0.1) is 0 Å². The van der Waals surface area contributed by atoms with Crippen LogP contribution in [0.4, 0.5) is 0 Å². The number of aliphatic hydroxyl groups is 2. The summed E-state index contributed by atoms with van der Waals surface area (Å²) in [5.41, 5.74) is 5.80. The highest BCUT2D eigenvalue weighted by atomic mass is 16.3. The highest BCUT2D eigenvalue weighted by molar-refractivity contribution is 5.08. The first-order chi connectivity index (χ1) is 38.3. The first-order valence-corrected chi connectivity index (χ1v) is 37.8. The van der Waals surface area contributed by atoms with Crippen LogP contribution in [0.15, 0.2) is 0 Å². The van der Waals surface area contributed by atoms with E-state index < -0.39 is 11.2 Å². The minimum absolute atomic E-state index is 0.0327. The van der Waals surface area contributed by atoms with Crippen molar-refractivity contribution < 1.29 is 10.2 Å². The molecule has 2 saturated carbocycles. The minimum atomic E-state index is -0.625. The zero-order chi connectivity index (χ0) is 76.5. The molecule has 0 aromatic heterocycles. The van der Waals surface area contributed by atoms with Gasteiger partial charge in [-0.2, -0.15) is 0 Å². The van der Waals surface area contributed by atoms with E-state index in [4.69, 9.17) is 0 Å². The van der Waals surface area contributed by atoms with Crippen LogP contribution < -0.4 is 0 Å². The normalized spacial score (nSPS) is 17.5. The molecular weight excluding hydrogens is 1100 g/mol. The Kier molecular flexibility index (Phi) is 37.4. The van der Waals surface area contributed by atoms with Gasteiger partial charge in [0.1, 0.15) is 0 Å². The van der Waals surface area contributed by atoms with Crippen LogP contribution in [0.2, 0.25) is 0 Å². The Bertz CT molecular complexity index is 1760. The van der Waals surface area contributed by atoms with Crippen molar-refractivity contribution in [1.82, 2.24) is 0 Å². The maximum atomic E-state index is 10.5. The van der Waals surface area contributed by atoms with Crippen molar-refractivity contribution in [2.45, 2.75) is 450 Å². The second-order valence-corrected chi connectivity index (χ2v) is 48.2. The first-order valence-electron chi connectivity index (χ1n) is 37.8. The minimum Gasteiger partial charge on any atom is -0.389 e. The van der Waals surface area contributed by atoms with Gasteiger partial charge in [0, 0.05) is 0 Å². The molecule has 0 radical (unpaired) electrons. The molecule has 1 unspecified atom stereocenters. The zero-order valence-electron chi connectivity index (χ0n) is 75.4. The first kappa shape index (κ1) is 102. The van der Waals surface area contributed by atoms with Gasteiger partial charge in [-0.25, -0.2) is 0 Å². The molecule has 0 aromatic rings. The third-order valence-electron chi connectivity index (χ3n) is 24.8. The lowest BCUT2D eigenvalue weighted by Gasteiger charge is -2.60. The maximum Gasteiger partial charge on any atom is 0.0715 e. The van der Waals surface area contributed by atoms with Crippen LogP contribution >= 0.6 is 0 Å². The zero-order valence-corrected chi connectivity index (χ0v) is 75.4. The molecule has 558 valence electrons. The van der Waals surface area contributed by atoms with E-state index in [1.165, 1.54) is 38.5 Å². The Morgan fingerprint density at radius 1 is 0.308 bits per heavy atom. The molecule has 0 bridgehead atoms. The smallest absolute Gasteiger partial charge is 0.0715 e. The van der Waals surface area contributed by atoms with E-state index in [-0.39, 0.29) is 21.7 Å². The van der Waals surface area contributed by atoms with E-state index in [9.17, 15) is 10.2 Å². The molecule has 0 heterocycles. The van der Waals surface area contributed by atoms with Crippen molar-refractivity contribution >= 4 is 0 Å². The molecule has 2 nitrogen and oxygen atoms in total. The largest absolute Gasteiger partial charge is 0.389 e. The van der Waals surface area contributed by atoms with Crippen molar-refractivity contribution in [2.75, 3.05) is 0 Å². The van der Waals surface area contributed by atoms with Crippen LogP contribution in [0.25, 0.3) is 0 Å². The van der Waals surface area contributed by atoms with E-state index in [1.807, 2.05) is 6.92 Å². The lowest BCUT2D eigenvalue weighted by atomic mass is 9.45. The maximum absolute atomic E-state index is 10.5. The highest BCUT2D eigenvalue weighted by Crippen LogP contribution is 2.68. The van der Waals surface area contributed by atoms with Crippen LogP contribution in [0.3, 0.4) is 0 Å². The van der Waals surface area contributed by atoms with Crippen molar-refractivity contribution in [3.05, 3.63) is 0 Å². The molecule has 0 spiro atoms. The summed E-state index contributed by atoms with van der Waals surface area (Å²) in [4.78, 5) is 0. The summed E-state index contributed by atoms with van der Waals surface area (Å²) in [7, 11) is 0. The van der Waals surface area contributed by atoms with Crippen LogP contribution in [-0.2, 0) is 0 Å². The van der Waals surface area contributed by atoms with Gasteiger partial charge in [-0.1, -0.05) is 394 Å². The fraction of sp³-hybridized carbons (Fsp3) is 1.00. The molecule has 0 aromatic carbocycles. The standard InChI is InChI=1S/C12H26O.C12H24.C12H26.C11H22.2C11H24.C10H22O.C10H22/c1-8-12(13,11(5,6)7)9-10(2,3)4;1-10(2,3)12(8-7-9-12)11(4,5)6;1-9(2)10(11(3,4)5)12(6,7)8;1-9(2,3)11(7-8-11)10(4,5)6;1-9(2,3)11(7,8)10(4,5)6;1-8-9(10(2,3)4)11(5,6)7;1-8(2,3)10(7,11)9(4,5)6;1-8(9(2,3)4)10(5,6)7/h13H,8-9H2,1-7H3;7-9H2,1-6H3;9-10H,1-8H3;7-8H2,1-6H3;1-8H3;9H,8H2,1-7H3;11H,1-7H3;8H,1-7H3. The third kappa shape index (κ3) is 33.1. The van der Waals surface area contributed by atoms with Crippen LogP contribution in [-0.4, -0.2) is 21.4 Å². The summed E-state index contributed by atoms with van der Waals surface area (Å²) in [6.45, 7) is 128. The molecule has 0 saturated heterocycles. The van der Waals surface area contributed by atoms with Gasteiger partial charge in [0.25, 0.3) is 0 Å². The summed E-state index contributed by atoms with van der Waals surface area (Å²) < 4.78 is 0. The average Bonchev–Trinajstić information content (AvgIpc) is 3.99. The summed E-state index contributed by atoms with van der Waals surface area (Å²) >= 11 is 0. The molecule has 2 N–H and O–H groups in total. The molecule has 2 heteroatoms. The lowest BCUT2D eigenvalue weighted by Crippen LogP contribution is -2.51. The van der Waals surface area contributed by atoms with Gasteiger partial charge >= 0.3 is 0 Å². The Morgan fingerprint density at radius 2 is 0.549 bits per heavy atom. The average molecular weight is 1290 g/mol. The van der Waals surface area contributed by atoms with E-state index in [0.717, 1.165) is 36.5 Å². The summed E-state index contributed by atoms with van der Waals surface area (Å²) in [6, 6.07) is 0.